The lowest BCUT2D eigenvalue weighted by Crippen LogP contribution is -2.24. The van der Waals surface area contributed by atoms with E-state index in [1.807, 2.05) is 12.1 Å². The molecule has 1 amide bonds. The number of nitrogens with one attached hydrogen (secondary N) is 2. The number of rotatable bonds is 9. The predicted octanol–water partition coefficient (Wildman–Crippen LogP) is 4.49. The second-order valence-electron chi connectivity index (χ2n) is 7.71. The van der Waals surface area contributed by atoms with Gasteiger partial charge in [0.25, 0.3) is 0 Å². The molecule has 0 spiro atoms. The average molecular weight is 434 g/mol. The van der Waals surface area contributed by atoms with E-state index in [1.165, 1.54) is 37.3 Å². The second kappa shape index (κ2) is 10.6. The van der Waals surface area contributed by atoms with Crippen molar-refractivity contribution in [2.24, 2.45) is 0 Å². The molecule has 2 N–H and O–H groups in total. The number of unbranched alkanes of at least 4 members (excludes halogenated alkanes) is 3. The molecule has 0 fully saturated rings. The number of carbonyl (C=O) groups excluding carboxylic acids is 1. The Hall–Kier alpha value is -3.68. The van der Waals surface area contributed by atoms with E-state index in [2.05, 4.69) is 45.0 Å². The summed E-state index contributed by atoms with van der Waals surface area (Å²) in [5.74, 6) is 1.22. The summed E-state index contributed by atoms with van der Waals surface area (Å²) in [7, 11) is 0. The Kier molecular flexibility index (Phi) is 7.12. The molecule has 8 nitrogen and oxygen atoms in total. The summed E-state index contributed by atoms with van der Waals surface area (Å²) < 4.78 is 11.7. The molecular formula is C24H27N5O3. The van der Waals surface area contributed by atoms with Crippen molar-refractivity contribution in [3.63, 3.8) is 0 Å². The first-order valence-electron chi connectivity index (χ1n) is 11.0. The van der Waals surface area contributed by atoms with Gasteiger partial charge < -0.3 is 14.8 Å². The Labute approximate surface area is 187 Å². The summed E-state index contributed by atoms with van der Waals surface area (Å²) in [5, 5.41) is 16.6. The Morgan fingerprint density at radius 1 is 1.19 bits per heavy atom. The van der Waals surface area contributed by atoms with Crippen LogP contribution in [-0.4, -0.2) is 33.1 Å². The van der Waals surface area contributed by atoms with Crippen LogP contribution in [0.4, 0.5) is 5.69 Å². The SMILES string of the molecule is CCCCCCc1ccc(C=CC(=O)Nc2cccc3c2OC(c2nnn[nH]2)CO3)cc1. The number of aromatic nitrogens is 4. The number of nitrogens with zero attached hydrogens (tertiary/aromatic N) is 3. The Morgan fingerprint density at radius 2 is 2.06 bits per heavy atom. The predicted molar refractivity (Wildman–Crippen MR) is 121 cm³/mol. The number of H-pyrrole nitrogens is 1. The maximum Gasteiger partial charge on any atom is 0.248 e. The summed E-state index contributed by atoms with van der Waals surface area (Å²) in [4.78, 5) is 12.5. The number of ether oxygens (including phenoxy) is 2. The van der Waals surface area contributed by atoms with Gasteiger partial charge >= 0.3 is 0 Å². The van der Waals surface area contributed by atoms with Gasteiger partial charge in [-0.25, -0.2) is 5.10 Å². The summed E-state index contributed by atoms with van der Waals surface area (Å²) in [6, 6.07) is 13.7. The van der Waals surface area contributed by atoms with Gasteiger partial charge in [-0.1, -0.05) is 56.5 Å². The van der Waals surface area contributed by atoms with E-state index in [9.17, 15) is 4.79 Å². The Balaban J connectivity index is 1.36. The molecule has 32 heavy (non-hydrogen) atoms. The number of carbonyl (C=O) groups is 1. The number of tetrazole rings is 1. The first-order valence-corrected chi connectivity index (χ1v) is 11.0. The summed E-state index contributed by atoms with van der Waals surface area (Å²) >= 11 is 0. The molecule has 0 radical (unpaired) electrons. The number of aryl methyl sites for hydroxylation is 1. The second-order valence-corrected chi connectivity index (χ2v) is 7.71. The van der Waals surface area contributed by atoms with E-state index < -0.39 is 6.10 Å². The van der Waals surface area contributed by atoms with Gasteiger partial charge in [0.1, 0.15) is 6.61 Å². The summed E-state index contributed by atoms with van der Waals surface area (Å²) in [6.07, 6.45) is 8.94. The molecular weight excluding hydrogens is 406 g/mol. The van der Waals surface area contributed by atoms with E-state index in [0.29, 0.717) is 23.0 Å². The highest BCUT2D eigenvalue weighted by Crippen LogP contribution is 2.41. The number of hydrogen-bond donors (Lipinski definition) is 2. The molecule has 2 aromatic carbocycles. The third-order valence-corrected chi connectivity index (χ3v) is 5.28. The molecule has 8 heteroatoms. The zero-order valence-corrected chi connectivity index (χ0v) is 18.1. The van der Waals surface area contributed by atoms with E-state index in [4.69, 9.17) is 9.47 Å². The van der Waals surface area contributed by atoms with Crippen molar-refractivity contribution in [1.82, 2.24) is 20.6 Å². The van der Waals surface area contributed by atoms with E-state index in [0.717, 1.165) is 12.0 Å². The summed E-state index contributed by atoms with van der Waals surface area (Å²) in [6.45, 7) is 2.49. The zero-order chi connectivity index (χ0) is 22.2. The first kappa shape index (κ1) is 21.5. The van der Waals surface area contributed by atoms with Gasteiger partial charge in [-0.05, 0) is 52.6 Å². The maximum absolute atomic E-state index is 12.5. The van der Waals surface area contributed by atoms with Crippen LogP contribution in [0.25, 0.3) is 6.08 Å². The van der Waals surface area contributed by atoms with Gasteiger partial charge in [-0.2, -0.15) is 0 Å². The molecule has 0 aliphatic carbocycles. The topological polar surface area (TPSA) is 102 Å². The van der Waals surface area contributed by atoms with Gasteiger partial charge in [-0.15, -0.1) is 5.10 Å². The van der Waals surface area contributed by atoms with Gasteiger partial charge in [0.2, 0.25) is 5.91 Å². The minimum absolute atomic E-state index is 0.255. The molecule has 0 saturated heterocycles. The Bertz CT molecular complexity index is 1050. The fourth-order valence-electron chi connectivity index (χ4n) is 3.53. The van der Waals surface area contributed by atoms with E-state index >= 15 is 0 Å². The molecule has 4 rings (SSSR count). The van der Waals surface area contributed by atoms with Crippen LogP contribution in [0.3, 0.4) is 0 Å². The Morgan fingerprint density at radius 3 is 2.84 bits per heavy atom. The number of fused-ring (bicyclic) bond motifs is 1. The number of anilines is 1. The molecule has 2 heterocycles. The van der Waals surface area contributed by atoms with Crippen LogP contribution < -0.4 is 14.8 Å². The minimum Gasteiger partial charge on any atom is -0.485 e. The molecule has 0 saturated carbocycles. The van der Waals surface area contributed by atoms with Crippen LogP contribution >= 0.6 is 0 Å². The monoisotopic (exact) mass is 433 g/mol. The van der Waals surface area contributed by atoms with Gasteiger partial charge in [0.15, 0.2) is 23.4 Å². The molecule has 1 aromatic heterocycles. The number of amides is 1. The molecule has 1 unspecified atom stereocenters. The van der Waals surface area contributed by atoms with Crippen molar-refractivity contribution in [1.29, 1.82) is 0 Å². The highest BCUT2D eigenvalue weighted by atomic mass is 16.6. The smallest absolute Gasteiger partial charge is 0.248 e. The third-order valence-electron chi connectivity index (χ3n) is 5.28. The first-order chi connectivity index (χ1) is 15.7. The molecule has 3 aromatic rings. The molecule has 1 aliphatic rings. The van der Waals surface area contributed by atoms with Gasteiger partial charge in [0, 0.05) is 6.08 Å². The van der Waals surface area contributed by atoms with Crippen molar-refractivity contribution in [2.75, 3.05) is 11.9 Å². The lowest BCUT2D eigenvalue weighted by atomic mass is 10.0. The van der Waals surface area contributed by atoms with E-state index in [-0.39, 0.29) is 12.5 Å². The number of hydrogen-bond acceptors (Lipinski definition) is 6. The van der Waals surface area contributed by atoms with Crippen molar-refractivity contribution >= 4 is 17.7 Å². The van der Waals surface area contributed by atoms with Crippen LogP contribution in [0.5, 0.6) is 11.5 Å². The largest absolute Gasteiger partial charge is 0.485 e. The van der Waals surface area contributed by atoms with Crippen molar-refractivity contribution < 1.29 is 14.3 Å². The highest BCUT2D eigenvalue weighted by molar-refractivity contribution is 6.03. The van der Waals surface area contributed by atoms with Crippen LogP contribution in [0.15, 0.2) is 48.5 Å². The minimum atomic E-state index is -0.480. The third kappa shape index (κ3) is 5.51. The zero-order valence-electron chi connectivity index (χ0n) is 18.1. The molecule has 1 atom stereocenters. The average Bonchev–Trinajstić information content (AvgIpc) is 3.36. The van der Waals surface area contributed by atoms with E-state index in [1.54, 1.807) is 24.3 Å². The quantitative estimate of drug-likeness (QED) is 0.381. The normalized spacial score (nSPS) is 15.1. The lowest BCUT2D eigenvalue weighted by Gasteiger charge is -2.26. The van der Waals surface area contributed by atoms with Crippen LogP contribution in [0.2, 0.25) is 0 Å². The van der Waals surface area contributed by atoms with Crippen molar-refractivity contribution in [3.05, 3.63) is 65.5 Å². The van der Waals surface area contributed by atoms with Gasteiger partial charge in [-0.3, -0.25) is 4.79 Å². The van der Waals surface area contributed by atoms with Crippen LogP contribution in [-0.2, 0) is 11.2 Å². The lowest BCUT2D eigenvalue weighted by molar-refractivity contribution is -0.111. The fourth-order valence-corrected chi connectivity index (χ4v) is 3.53. The van der Waals surface area contributed by atoms with Crippen LogP contribution in [0.1, 0.15) is 55.7 Å². The summed E-state index contributed by atoms with van der Waals surface area (Å²) in [5.41, 5.74) is 2.83. The number of benzene rings is 2. The highest BCUT2D eigenvalue weighted by Gasteiger charge is 2.27. The van der Waals surface area contributed by atoms with Crippen molar-refractivity contribution in [2.45, 2.75) is 45.1 Å². The number of para-hydroxylation sites is 1. The molecule has 166 valence electrons. The number of aromatic amines is 1. The van der Waals surface area contributed by atoms with Crippen molar-refractivity contribution in [3.8, 4) is 11.5 Å². The van der Waals surface area contributed by atoms with Crippen LogP contribution in [0, 0.1) is 0 Å². The molecule has 1 aliphatic heterocycles. The molecule has 0 bridgehead atoms. The van der Waals surface area contributed by atoms with Gasteiger partial charge in [0.05, 0.1) is 5.69 Å². The fraction of sp³-hybridized carbons (Fsp3) is 0.333. The maximum atomic E-state index is 12.5. The standard InChI is InChI=1S/C24H27N5O3/c1-2-3-4-5-7-17-10-12-18(13-11-17)14-15-22(30)25-19-8-6-9-20-23(19)32-21(16-31-20)24-26-28-29-27-24/h6,8-15,21H,2-5,7,16H2,1H3,(H,25,30)(H,26,27,28,29).